The monoisotopic (exact) mass is 332 g/mol. The lowest BCUT2D eigenvalue weighted by Gasteiger charge is -2.11. The van der Waals surface area contributed by atoms with E-state index in [4.69, 9.17) is 23.2 Å². The Hall–Kier alpha value is -2.30. The number of hydrogen-bond acceptors (Lipinski definition) is 2. The summed E-state index contributed by atoms with van der Waals surface area (Å²) >= 11 is 11.9. The van der Waals surface area contributed by atoms with E-state index in [0.29, 0.717) is 21.3 Å². The fraction of sp³-hybridized carbons (Fsp3) is 0. The first-order chi connectivity index (χ1) is 10.6. The van der Waals surface area contributed by atoms with Crippen molar-refractivity contribution in [3.8, 4) is 0 Å². The van der Waals surface area contributed by atoms with Crippen LogP contribution in [0.3, 0.4) is 0 Å². The lowest BCUT2D eigenvalue weighted by Crippen LogP contribution is -2.30. The number of carbonyl (C=O) groups excluding carboxylic acids is 2. The molecular formula is C16H10Cl2N2O2. The fourth-order valence-corrected chi connectivity index (χ4v) is 2.42. The molecular weight excluding hydrogens is 323 g/mol. The Morgan fingerprint density at radius 2 is 1.64 bits per heavy atom. The fourth-order valence-electron chi connectivity index (χ4n) is 2.11. The van der Waals surface area contributed by atoms with Crippen molar-refractivity contribution in [3.63, 3.8) is 0 Å². The average Bonchev–Trinajstić information content (AvgIpc) is 2.77. The van der Waals surface area contributed by atoms with Crippen LogP contribution >= 0.6 is 23.2 Å². The number of urea groups is 1. The van der Waals surface area contributed by atoms with Crippen molar-refractivity contribution in [2.45, 2.75) is 0 Å². The number of hydrogen-bond donors (Lipinski definition) is 1. The summed E-state index contributed by atoms with van der Waals surface area (Å²) in [7, 11) is 0. The standard InChI is InChI=1S/C16H10Cl2N2O2/c17-11-5-7-12(8-6-11)20-15(21)14(19-16(20)22)9-10-3-1-2-4-13(10)18/h1-9H,(H,19,22)/b14-9-. The Balaban J connectivity index is 1.95. The second-order valence-corrected chi connectivity index (χ2v) is 5.47. The number of benzene rings is 2. The molecule has 0 unspecified atom stereocenters. The van der Waals surface area contributed by atoms with Crippen LogP contribution in [0.2, 0.25) is 10.0 Å². The molecule has 3 amide bonds. The molecule has 1 N–H and O–H groups in total. The highest BCUT2D eigenvalue weighted by Gasteiger charge is 2.34. The molecule has 1 fully saturated rings. The average molecular weight is 333 g/mol. The normalized spacial score (nSPS) is 16.3. The predicted molar refractivity (Wildman–Crippen MR) is 86.9 cm³/mol. The first-order valence-corrected chi connectivity index (χ1v) is 7.19. The van der Waals surface area contributed by atoms with Gasteiger partial charge in [-0.3, -0.25) is 4.79 Å². The van der Waals surface area contributed by atoms with Crippen LogP contribution in [0.1, 0.15) is 5.56 Å². The molecule has 6 heteroatoms. The summed E-state index contributed by atoms with van der Waals surface area (Å²) in [4.78, 5) is 25.5. The summed E-state index contributed by atoms with van der Waals surface area (Å²) in [5.74, 6) is -0.438. The minimum absolute atomic E-state index is 0.174. The van der Waals surface area contributed by atoms with E-state index in [1.165, 1.54) is 0 Å². The van der Waals surface area contributed by atoms with Crippen LogP contribution in [0.15, 0.2) is 54.2 Å². The van der Waals surface area contributed by atoms with Gasteiger partial charge in [0.1, 0.15) is 5.70 Å². The molecule has 2 aromatic carbocycles. The molecule has 110 valence electrons. The number of amides is 3. The van der Waals surface area contributed by atoms with Gasteiger partial charge in [-0.15, -0.1) is 0 Å². The zero-order valence-electron chi connectivity index (χ0n) is 11.2. The molecule has 0 aliphatic carbocycles. The molecule has 0 atom stereocenters. The summed E-state index contributed by atoms with van der Waals surface area (Å²) in [6, 6.07) is 13.0. The molecule has 4 nitrogen and oxygen atoms in total. The molecule has 1 heterocycles. The van der Waals surface area contributed by atoms with Crippen molar-refractivity contribution < 1.29 is 9.59 Å². The first-order valence-electron chi connectivity index (χ1n) is 6.43. The van der Waals surface area contributed by atoms with E-state index in [1.807, 2.05) is 0 Å². The highest BCUT2D eigenvalue weighted by molar-refractivity contribution is 6.33. The Morgan fingerprint density at radius 3 is 2.32 bits per heavy atom. The van der Waals surface area contributed by atoms with Crippen molar-refractivity contribution >= 4 is 46.9 Å². The van der Waals surface area contributed by atoms with Gasteiger partial charge in [-0.25, -0.2) is 9.69 Å². The number of halogens is 2. The second kappa shape index (κ2) is 5.83. The van der Waals surface area contributed by atoms with Crippen LogP contribution in [0.5, 0.6) is 0 Å². The van der Waals surface area contributed by atoms with E-state index < -0.39 is 11.9 Å². The Labute approximate surface area is 136 Å². The van der Waals surface area contributed by atoms with Gasteiger partial charge >= 0.3 is 6.03 Å². The minimum Gasteiger partial charge on any atom is -0.302 e. The molecule has 0 aromatic heterocycles. The Bertz CT molecular complexity index is 785. The van der Waals surface area contributed by atoms with Crippen LogP contribution in [0.4, 0.5) is 10.5 Å². The number of nitrogens with one attached hydrogen (secondary N) is 1. The molecule has 1 aliphatic heterocycles. The van der Waals surface area contributed by atoms with Gasteiger partial charge in [0.05, 0.1) is 5.69 Å². The number of rotatable bonds is 2. The van der Waals surface area contributed by atoms with Gasteiger partial charge < -0.3 is 5.32 Å². The summed E-state index contributed by atoms with van der Waals surface area (Å²) in [6.45, 7) is 0. The summed E-state index contributed by atoms with van der Waals surface area (Å²) in [6.07, 6.45) is 1.55. The third-order valence-electron chi connectivity index (χ3n) is 3.17. The number of anilines is 1. The molecule has 22 heavy (non-hydrogen) atoms. The van der Waals surface area contributed by atoms with E-state index in [9.17, 15) is 9.59 Å². The van der Waals surface area contributed by atoms with Gasteiger partial charge in [-0.2, -0.15) is 0 Å². The van der Waals surface area contributed by atoms with Gasteiger partial charge in [-0.1, -0.05) is 41.4 Å². The van der Waals surface area contributed by atoms with Gasteiger partial charge in [-0.05, 0) is 42.0 Å². The van der Waals surface area contributed by atoms with Crippen molar-refractivity contribution in [2.24, 2.45) is 0 Å². The first kappa shape index (κ1) is 14.6. The van der Waals surface area contributed by atoms with Gasteiger partial charge in [0.25, 0.3) is 5.91 Å². The van der Waals surface area contributed by atoms with E-state index >= 15 is 0 Å². The molecule has 0 saturated carbocycles. The van der Waals surface area contributed by atoms with Gasteiger partial charge in [0, 0.05) is 10.0 Å². The maximum absolute atomic E-state index is 12.4. The number of imide groups is 1. The third-order valence-corrected chi connectivity index (χ3v) is 3.76. The molecule has 0 radical (unpaired) electrons. The zero-order valence-corrected chi connectivity index (χ0v) is 12.7. The molecule has 0 bridgehead atoms. The molecule has 3 rings (SSSR count). The zero-order chi connectivity index (χ0) is 15.7. The quantitative estimate of drug-likeness (QED) is 0.665. The highest BCUT2D eigenvalue weighted by atomic mass is 35.5. The van der Waals surface area contributed by atoms with Crippen LogP contribution in [-0.4, -0.2) is 11.9 Å². The van der Waals surface area contributed by atoms with E-state index in [0.717, 1.165) is 4.90 Å². The Kier molecular flexibility index (Phi) is 3.88. The SMILES string of the molecule is O=C1N/C(=C\c2ccccc2Cl)C(=O)N1c1ccc(Cl)cc1. The maximum Gasteiger partial charge on any atom is 0.333 e. The van der Waals surface area contributed by atoms with Gasteiger partial charge in [0.15, 0.2) is 0 Å². The smallest absolute Gasteiger partial charge is 0.302 e. The lowest BCUT2D eigenvalue weighted by atomic mass is 10.2. The second-order valence-electron chi connectivity index (χ2n) is 4.63. The highest BCUT2D eigenvalue weighted by Crippen LogP contribution is 2.25. The largest absolute Gasteiger partial charge is 0.333 e. The topological polar surface area (TPSA) is 49.4 Å². The van der Waals surface area contributed by atoms with Crippen LogP contribution < -0.4 is 10.2 Å². The molecule has 2 aromatic rings. The number of carbonyl (C=O) groups is 2. The van der Waals surface area contributed by atoms with Crippen molar-refractivity contribution in [1.29, 1.82) is 0 Å². The van der Waals surface area contributed by atoms with Crippen LogP contribution in [0.25, 0.3) is 6.08 Å². The summed E-state index contributed by atoms with van der Waals surface area (Å²) in [5.41, 5.74) is 1.29. The lowest BCUT2D eigenvalue weighted by molar-refractivity contribution is -0.113. The predicted octanol–water partition coefficient (Wildman–Crippen LogP) is 4.09. The molecule has 1 aliphatic rings. The van der Waals surface area contributed by atoms with Crippen LogP contribution in [-0.2, 0) is 4.79 Å². The molecule has 0 spiro atoms. The van der Waals surface area contributed by atoms with Crippen LogP contribution in [0, 0.1) is 0 Å². The van der Waals surface area contributed by atoms with Crippen molar-refractivity contribution in [1.82, 2.24) is 5.32 Å². The summed E-state index contributed by atoms with van der Waals surface area (Å²) < 4.78 is 0. The number of nitrogens with zero attached hydrogens (tertiary/aromatic N) is 1. The van der Waals surface area contributed by atoms with E-state index in [1.54, 1.807) is 54.6 Å². The summed E-state index contributed by atoms with van der Waals surface area (Å²) in [5, 5.41) is 3.58. The van der Waals surface area contributed by atoms with Crippen molar-refractivity contribution in [3.05, 3.63) is 69.8 Å². The Morgan fingerprint density at radius 1 is 0.955 bits per heavy atom. The maximum atomic E-state index is 12.4. The van der Waals surface area contributed by atoms with Crippen molar-refractivity contribution in [2.75, 3.05) is 4.90 Å². The van der Waals surface area contributed by atoms with E-state index in [-0.39, 0.29) is 5.70 Å². The van der Waals surface area contributed by atoms with E-state index in [2.05, 4.69) is 5.32 Å². The third kappa shape index (κ3) is 2.71. The molecule has 1 saturated heterocycles. The minimum atomic E-state index is -0.509. The van der Waals surface area contributed by atoms with Gasteiger partial charge in [0.2, 0.25) is 0 Å².